The van der Waals surface area contributed by atoms with Gasteiger partial charge in [-0.1, -0.05) is 42.5 Å². The summed E-state index contributed by atoms with van der Waals surface area (Å²) in [5, 5.41) is 19.0. The fraction of sp³-hybridized carbons (Fsp3) is 0.100. The minimum Gasteiger partial charge on any atom is -0.507 e. The Bertz CT molecular complexity index is 921. The molecule has 1 atom stereocenters. The number of nitrogens with zero attached hydrogens (tertiary/aromatic N) is 1. The lowest BCUT2D eigenvalue weighted by Gasteiger charge is -2.14. The van der Waals surface area contributed by atoms with Gasteiger partial charge in [-0.05, 0) is 42.0 Å². The van der Waals surface area contributed by atoms with Crippen LogP contribution in [0.4, 0.5) is 5.69 Å². The van der Waals surface area contributed by atoms with Gasteiger partial charge < -0.3 is 10.4 Å². The van der Waals surface area contributed by atoms with Crippen LogP contribution in [0.25, 0.3) is 10.8 Å². The van der Waals surface area contributed by atoms with Crippen molar-refractivity contribution in [2.24, 2.45) is 5.10 Å². The molecule has 0 aliphatic carbocycles. The average Bonchev–Trinajstić information content (AvgIpc) is 2.63. The van der Waals surface area contributed by atoms with Crippen LogP contribution in [0.1, 0.15) is 12.5 Å². The maximum atomic E-state index is 12.1. The van der Waals surface area contributed by atoms with Gasteiger partial charge >= 0.3 is 0 Å². The zero-order chi connectivity index (χ0) is 17.6. The molecule has 3 N–H and O–H groups in total. The molecule has 0 saturated heterocycles. The Morgan fingerprint density at radius 1 is 1.04 bits per heavy atom. The molecule has 0 aliphatic heterocycles. The summed E-state index contributed by atoms with van der Waals surface area (Å²) in [5.41, 5.74) is 3.88. The SMILES string of the molecule is C[C@@H](Nc1ccc2ccccc2c1)C(=O)N/N=C\c1ccccc1O. The van der Waals surface area contributed by atoms with E-state index < -0.39 is 6.04 Å². The van der Waals surface area contributed by atoms with Crippen LogP contribution in [0.5, 0.6) is 5.75 Å². The number of carbonyl (C=O) groups is 1. The molecular weight excluding hydrogens is 314 g/mol. The smallest absolute Gasteiger partial charge is 0.262 e. The molecule has 0 fully saturated rings. The average molecular weight is 333 g/mol. The van der Waals surface area contributed by atoms with Crippen molar-refractivity contribution in [3.63, 3.8) is 0 Å². The molecule has 3 aromatic carbocycles. The fourth-order valence-corrected chi connectivity index (χ4v) is 2.45. The molecular formula is C20H19N3O2. The number of benzene rings is 3. The number of phenolic OH excluding ortho intramolecular Hbond substituents is 1. The van der Waals surface area contributed by atoms with Crippen molar-refractivity contribution in [3.8, 4) is 5.75 Å². The van der Waals surface area contributed by atoms with Crippen molar-refractivity contribution in [1.82, 2.24) is 5.43 Å². The number of hydrogen-bond acceptors (Lipinski definition) is 4. The highest BCUT2D eigenvalue weighted by Crippen LogP contribution is 2.19. The molecule has 5 nitrogen and oxygen atoms in total. The van der Waals surface area contributed by atoms with E-state index in [1.54, 1.807) is 31.2 Å². The van der Waals surface area contributed by atoms with Crippen LogP contribution in [-0.4, -0.2) is 23.3 Å². The minimum absolute atomic E-state index is 0.114. The summed E-state index contributed by atoms with van der Waals surface area (Å²) in [6.45, 7) is 1.76. The number of carbonyl (C=O) groups excluding carboxylic acids is 1. The third-order valence-electron chi connectivity index (χ3n) is 3.84. The van der Waals surface area contributed by atoms with Gasteiger partial charge in [-0.2, -0.15) is 5.10 Å². The van der Waals surface area contributed by atoms with Crippen molar-refractivity contribution in [2.75, 3.05) is 5.32 Å². The second-order valence-electron chi connectivity index (χ2n) is 5.72. The fourth-order valence-electron chi connectivity index (χ4n) is 2.45. The summed E-state index contributed by atoms with van der Waals surface area (Å²) >= 11 is 0. The van der Waals surface area contributed by atoms with Crippen LogP contribution in [0.2, 0.25) is 0 Å². The number of phenols is 1. The van der Waals surface area contributed by atoms with Crippen LogP contribution in [0, 0.1) is 0 Å². The standard InChI is InChI=1S/C20H19N3O2/c1-14(20(25)23-21-13-17-8-4-5-9-19(17)24)22-18-11-10-15-6-2-3-7-16(15)12-18/h2-14,22,24H,1H3,(H,23,25)/b21-13-/t14-/m1/s1. The monoisotopic (exact) mass is 333 g/mol. The van der Waals surface area contributed by atoms with Crippen LogP contribution < -0.4 is 10.7 Å². The Morgan fingerprint density at radius 2 is 1.76 bits per heavy atom. The summed E-state index contributed by atoms with van der Waals surface area (Å²) in [6, 6.07) is 20.3. The second-order valence-corrected chi connectivity index (χ2v) is 5.72. The van der Waals surface area contributed by atoms with Gasteiger partial charge in [0.15, 0.2) is 0 Å². The molecule has 5 heteroatoms. The summed E-state index contributed by atoms with van der Waals surface area (Å²) in [4.78, 5) is 12.1. The Hall–Kier alpha value is -3.34. The molecule has 0 aromatic heterocycles. The van der Waals surface area contributed by atoms with E-state index >= 15 is 0 Å². The lowest BCUT2D eigenvalue weighted by Crippen LogP contribution is -2.34. The third-order valence-corrected chi connectivity index (χ3v) is 3.84. The summed E-state index contributed by atoms with van der Waals surface area (Å²) in [5.74, 6) is -0.150. The van der Waals surface area contributed by atoms with Gasteiger partial charge in [0.1, 0.15) is 11.8 Å². The first-order chi connectivity index (χ1) is 12.1. The second kappa shape index (κ2) is 7.49. The number of anilines is 1. The number of hydrogen-bond donors (Lipinski definition) is 3. The van der Waals surface area contributed by atoms with Crippen molar-refractivity contribution < 1.29 is 9.90 Å². The highest BCUT2D eigenvalue weighted by Gasteiger charge is 2.11. The van der Waals surface area contributed by atoms with E-state index in [4.69, 9.17) is 0 Å². The van der Waals surface area contributed by atoms with E-state index in [9.17, 15) is 9.90 Å². The molecule has 3 rings (SSSR count). The molecule has 0 bridgehead atoms. The van der Waals surface area contributed by atoms with E-state index in [0.29, 0.717) is 5.56 Å². The number of nitrogens with one attached hydrogen (secondary N) is 2. The number of para-hydroxylation sites is 1. The Kier molecular flexibility index (Phi) is 4.95. The van der Waals surface area contributed by atoms with Gasteiger partial charge in [-0.25, -0.2) is 5.43 Å². The molecule has 0 saturated carbocycles. The van der Waals surface area contributed by atoms with Gasteiger partial charge in [0.25, 0.3) is 5.91 Å². The molecule has 126 valence electrons. The molecule has 0 radical (unpaired) electrons. The topological polar surface area (TPSA) is 73.7 Å². The Morgan fingerprint density at radius 3 is 2.56 bits per heavy atom. The highest BCUT2D eigenvalue weighted by atomic mass is 16.3. The van der Waals surface area contributed by atoms with Crippen LogP contribution in [0.15, 0.2) is 71.8 Å². The van der Waals surface area contributed by atoms with Crippen LogP contribution in [-0.2, 0) is 4.79 Å². The van der Waals surface area contributed by atoms with Crippen molar-refractivity contribution in [3.05, 3.63) is 72.3 Å². The number of aromatic hydroxyl groups is 1. The van der Waals surface area contributed by atoms with Crippen LogP contribution >= 0.6 is 0 Å². The lowest BCUT2D eigenvalue weighted by molar-refractivity contribution is -0.121. The molecule has 0 aliphatic rings. The normalized spacial score (nSPS) is 12.2. The molecule has 0 spiro atoms. The summed E-state index contributed by atoms with van der Waals surface area (Å²) in [7, 11) is 0. The quantitative estimate of drug-likeness (QED) is 0.494. The van der Waals surface area contributed by atoms with Gasteiger partial charge in [-0.15, -0.1) is 0 Å². The largest absolute Gasteiger partial charge is 0.507 e. The highest BCUT2D eigenvalue weighted by molar-refractivity contribution is 5.89. The number of fused-ring (bicyclic) bond motifs is 1. The van der Waals surface area contributed by atoms with Gasteiger partial charge in [-0.3, -0.25) is 4.79 Å². The third kappa shape index (κ3) is 4.14. The minimum atomic E-state index is -0.456. The Balaban J connectivity index is 1.61. The van der Waals surface area contributed by atoms with Gasteiger partial charge in [0, 0.05) is 11.3 Å². The van der Waals surface area contributed by atoms with E-state index in [-0.39, 0.29) is 11.7 Å². The summed E-state index contributed by atoms with van der Waals surface area (Å²) in [6.07, 6.45) is 1.41. The van der Waals surface area contributed by atoms with E-state index in [1.807, 2.05) is 42.5 Å². The van der Waals surface area contributed by atoms with E-state index in [2.05, 4.69) is 15.8 Å². The number of hydrazone groups is 1. The molecule has 0 heterocycles. The van der Waals surface area contributed by atoms with Crippen molar-refractivity contribution >= 4 is 28.6 Å². The van der Waals surface area contributed by atoms with E-state index in [0.717, 1.165) is 16.5 Å². The van der Waals surface area contributed by atoms with E-state index in [1.165, 1.54) is 6.21 Å². The zero-order valence-electron chi connectivity index (χ0n) is 13.8. The predicted octanol–water partition coefficient (Wildman–Crippen LogP) is 3.50. The predicted molar refractivity (Wildman–Crippen MR) is 101 cm³/mol. The Labute approximate surface area is 146 Å². The molecule has 0 unspecified atom stereocenters. The zero-order valence-corrected chi connectivity index (χ0v) is 13.8. The molecule has 1 amide bonds. The number of amides is 1. The van der Waals surface area contributed by atoms with Crippen LogP contribution in [0.3, 0.4) is 0 Å². The number of rotatable bonds is 5. The van der Waals surface area contributed by atoms with Crippen molar-refractivity contribution in [1.29, 1.82) is 0 Å². The first kappa shape index (κ1) is 16.5. The molecule has 3 aromatic rings. The summed E-state index contributed by atoms with van der Waals surface area (Å²) < 4.78 is 0. The first-order valence-electron chi connectivity index (χ1n) is 8.00. The maximum Gasteiger partial charge on any atom is 0.262 e. The lowest BCUT2D eigenvalue weighted by atomic mass is 10.1. The first-order valence-corrected chi connectivity index (χ1v) is 8.00. The van der Waals surface area contributed by atoms with Gasteiger partial charge in [0.2, 0.25) is 0 Å². The van der Waals surface area contributed by atoms with Gasteiger partial charge in [0.05, 0.1) is 6.21 Å². The maximum absolute atomic E-state index is 12.1. The van der Waals surface area contributed by atoms with Crippen molar-refractivity contribution in [2.45, 2.75) is 13.0 Å². The molecule has 25 heavy (non-hydrogen) atoms.